The van der Waals surface area contributed by atoms with E-state index >= 15 is 0 Å². The van der Waals surface area contributed by atoms with Crippen LogP contribution in [-0.2, 0) is 4.79 Å². The molecule has 2 rings (SSSR count). The van der Waals surface area contributed by atoms with Crippen LogP contribution in [0, 0.1) is 0 Å². The highest BCUT2D eigenvalue weighted by Gasteiger charge is 2.06. The number of halogens is 1. The second-order valence-electron chi connectivity index (χ2n) is 3.33. The van der Waals surface area contributed by atoms with Crippen LogP contribution in [0.25, 0.3) is 17.4 Å². The van der Waals surface area contributed by atoms with Gasteiger partial charge in [-0.3, -0.25) is 0 Å². The summed E-state index contributed by atoms with van der Waals surface area (Å²) in [5, 5.41) is 10.8. The van der Waals surface area contributed by atoms with Crippen molar-refractivity contribution in [2.45, 2.75) is 0 Å². The van der Waals surface area contributed by atoms with Crippen LogP contribution >= 0.6 is 11.6 Å². The molecule has 0 aliphatic carbocycles. The summed E-state index contributed by atoms with van der Waals surface area (Å²) in [5.41, 5.74) is 0.766. The van der Waals surface area contributed by atoms with Crippen LogP contribution in [0.15, 0.2) is 46.9 Å². The van der Waals surface area contributed by atoms with Crippen molar-refractivity contribution in [3.8, 4) is 11.3 Å². The van der Waals surface area contributed by atoms with E-state index in [1.807, 2.05) is 18.2 Å². The van der Waals surface area contributed by atoms with Gasteiger partial charge in [0.25, 0.3) is 0 Å². The Kier molecular flexibility index (Phi) is 3.30. The molecule has 0 aliphatic heterocycles. The molecule has 2 aromatic rings. The van der Waals surface area contributed by atoms with E-state index in [1.165, 1.54) is 6.08 Å². The van der Waals surface area contributed by atoms with E-state index in [9.17, 15) is 9.90 Å². The number of aliphatic carboxylic acids is 1. The topological polar surface area (TPSA) is 53.3 Å². The summed E-state index contributed by atoms with van der Waals surface area (Å²) in [5.74, 6) is -0.238. The van der Waals surface area contributed by atoms with Gasteiger partial charge in [0, 0.05) is 5.56 Å². The summed E-state index contributed by atoms with van der Waals surface area (Å²) in [6, 6.07) is 10.7. The van der Waals surface area contributed by atoms with Crippen molar-refractivity contribution in [3.63, 3.8) is 0 Å². The molecule has 0 radical (unpaired) electrons. The quantitative estimate of drug-likeness (QED) is 0.783. The number of hydrogen-bond donors (Lipinski definition) is 0. The van der Waals surface area contributed by atoms with Crippen LogP contribution in [0.2, 0.25) is 5.02 Å². The first-order valence-electron chi connectivity index (χ1n) is 4.90. The molecule has 0 saturated carbocycles. The summed E-state index contributed by atoms with van der Waals surface area (Å²) in [4.78, 5) is 10.2. The zero-order valence-corrected chi connectivity index (χ0v) is 9.48. The molecule has 0 N–H and O–H groups in total. The highest BCUT2D eigenvalue weighted by atomic mass is 35.5. The Hall–Kier alpha value is -2.00. The second-order valence-corrected chi connectivity index (χ2v) is 3.74. The van der Waals surface area contributed by atoms with Crippen LogP contribution in [0.4, 0.5) is 0 Å². The number of carboxylic acids is 1. The van der Waals surface area contributed by atoms with Crippen LogP contribution in [-0.4, -0.2) is 5.97 Å². The van der Waals surface area contributed by atoms with Gasteiger partial charge < -0.3 is 14.3 Å². The largest absolute Gasteiger partial charge is 0.545 e. The predicted octanol–water partition coefficient (Wildman–Crippen LogP) is 2.36. The minimum atomic E-state index is -1.26. The lowest BCUT2D eigenvalue weighted by atomic mass is 10.2. The molecule has 0 bridgehead atoms. The SMILES string of the molecule is O=C([O-])/C=C/c1ccc(-c2ccccc2Cl)o1. The number of hydrogen-bond acceptors (Lipinski definition) is 3. The third kappa shape index (κ3) is 2.77. The molecule has 0 unspecified atom stereocenters. The molecule has 0 aliphatic rings. The summed E-state index contributed by atoms with van der Waals surface area (Å²) in [6.07, 6.45) is 2.24. The molecule has 1 aromatic heterocycles. The zero-order valence-electron chi connectivity index (χ0n) is 8.72. The van der Waals surface area contributed by atoms with E-state index in [4.69, 9.17) is 16.0 Å². The lowest BCUT2D eigenvalue weighted by Crippen LogP contribution is -2.18. The van der Waals surface area contributed by atoms with Crippen molar-refractivity contribution < 1.29 is 14.3 Å². The second kappa shape index (κ2) is 4.89. The fraction of sp³-hybridized carbons (Fsp3) is 0. The first-order valence-corrected chi connectivity index (χ1v) is 5.28. The average molecular weight is 248 g/mol. The van der Waals surface area contributed by atoms with Crippen LogP contribution < -0.4 is 5.11 Å². The van der Waals surface area contributed by atoms with Gasteiger partial charge in [0.15, 0.2) is 0 Å². The standard InChI is InChI=1S/C13H9ClO3/c14-11-4-2-1-3-10(11)12-7-5-9(17-12)6-8-13(15)16/h1-8H,(H,15,16)/p-1/b8-6+. The summed E-state index contributed by atoms with van der Waals surface area (Å²) in [7, 11) is 0. The fourth-order valence-corrected chi connectivity index (χ4v) is 1.63. The number of benzene rings is 1. The van der Waals surface area contributed by atoms with Gasteiger partial charge in [-0.15, -0.1) is 0 Å². The van der Waals surface area contributed by atoms with E-state index in [2.05, 4.69) is 0 Å². The van der Waals surface area contributed by atoms with E-state index in [0.29, 0.717) is 16.5 Å². The Labute approximate surface area is 103 Å². The number of carbonyl (C=O) groups is 1. The molecule has 0 amide bonds. The van der Waals surface area contributed by atoms with Crippen LogP contribution in [0.3, 0.4) is 0 Å². The first kappa shape index (κ1) is 11.5. The van der Waals surface area contributed by atoms with Gasteiger partial charge in [0.2, 0.25) is 0 Å². The average Bonchev–Trinajstić information content (AvgIpc) is 2.75. The predicted molar refractivity (Wildman–Crippen MR) is 63.2 cm³/mol. The third-order valence-corrected chi connectivity index (χ3v) is 2.48. The minimum Gasteiger partial charge on any atom is -0.545 e. The Morgan fingerprint density at radius 1 is 1.24 bits per heavy atom. The van der Waals surface area contributed by atoms with E-state index in [-0.39, 0.29) is 0 Å². The third-order valence-electron chi connectivity index (χ3n) is 2.15. The normalized spacial score (nSPS) is 10.9. The number of carbonyl (C=O) groups excluding carboxylic acids is 1. The first-order chi connectivity index (χ1) is 8.16. The Bertz CT molecular complexity index is 570. The van der Waals surface area contributed by atoms with Gasteiger partial charge in [-0.05, 0) is 36.4 Å². The van der Waals surface area contributed by atoms with Gasteiger partial charge in [-0.25, -0.2) is 0 Å². The summed E-state index contributed by atoms with van der Waals surface area (Å²) >= 11 is 6.01. The van der Waals surface area contributed by atoms with E-state index < -0.39 is 5.97 Å². The number of rotatable bonds is 3. The molecule has 0 saturated heterocycles. The van der Waals surface area contributed by atoms with Gasteiger partial charge >= 0.3 is 0 Å². The molecule has 0 spiro atoms. The smallest absolute Gasteiger partial charge is 0.136 e. The maximum atomic E-state index is 10.2. The van der Waals surface area contributed by atoms with Crippen LogP contribution in [0.1, 0.15) is 5.76 Å². The minimum absolute atomic E-state index is 0.434. The lowest BCUT2D eigenvalue weighted by Gasteiger charge is -1.98. The van der Waals surface area contributed by atoms with Crippen molar-refractivity contribution >= 4 is 23.6 Å². The monoisotopic (exact) mass is 247 g/mol. The highest BCUT2D eigenvalue weighted by molar-refractivity contribution is 6.33. The molecule has 17 heavy (non-hydrogen) atoms. The molecular weight excluding hydrogens is 240 g/mol. The van der Waals surface area contributed by atoms with Gasteiger partial charge in [-0.1, -0.05) is 23.7 Å². The number of carboxylic acid groups (broad SMARTS) is 1. The Morgan fingerprint density at radius 2 is 2.00 bits per heavy atom. The Morgan fingerprint density at radius 3 is 2.71 bits per heavy atom. The lowest BCUT2D eigenvalue weighted by molar-refractivity contribution is -0.297. The summed E-state index contributed by atoms with van der Waals surface area (Å²) in [6.45, 7) is 0. The van der Waals surface area contributed by atoms with Gasteiger partial charge in [0.1, 0.15) is 11.5 Å². The fourth-order valence-electron chi connectivity index (χ4n) is 1.40. The van der Waals surface area contributed by atoms with E-state index in [0.717, 1.165) is 11.6 Å². The van der Waals surface area contributed by atoms with Crippen molar-refractivity contribution in [1.82, 2.24) is 0 Å². The van der Waals surface area contributed by atoms with Gasteiger partial charge in [-0.2, -0.15) is 0 Å². The Balaban J connectivity index is 2.30. The van der Waals surface area contributed by atoms with Gasteiger partial charge in [0.05, 0.1) is 11.0 Å². The van der Waals surface area contributed by atoms with Crippen molar-refractivity contribution in [1.29, 1.82) is 0 Å². The molecule has 1 aromatic carbocycles. The molecule has 1 heterocycles. The molecular formula is C13H8ClO3-. The van der Waals surface area contributed by atoms with Crippen molar-refractivity contribution in [3.05, 3.63) is 53.3 Å². The molecule has 86 valence electrons. The molecule has 3 nitrogen and oxygen atoms in total. The van der Waals surface area contributed by atoms with Crippen LogP contribution in [0.5, 0.6) is 0 Å². The molecule has 0 atom stereocenters. The van der Waals surface area contributed by atoms with Crippen molar-refractivity contribution in [2.24, 2.45) is 0 Å². The molecule has 0 fully saturated rings. The number of furan rings is 1. The van der Waals surface area contributed by atoms with Crippen molar-refractivity contribution in [2.75, 3.05) is 0 Å². The maximum absolute atomic E-state index is 10.2. The summed E-state index contributed by atoms with van der Waals surface area (Å²) < 4.78 is 5.44. The molecule has 4 heteroatoms. The highest BCUT2D eigenvalue weighted by Crippen LogP contribution is 2.29. The zero-order chi connectivity index (χ0) is 12.3. The van der Waals surface area contributed by atoms with E-state index in [1.54, 1.807) is 18.2 Å². The maximum Gasteiger partial charge on any atom is 0.136 e.